The summed E-state index contributed by atoms with van der Waals surface area (Å²) in [6.07, 6.45) is 1.31. The van der Waals surface area contributed by atoms with Crippen molar-refractivity contribution in [1.29, 1.82) is 0 Å². The number of carbonyl (C=O) groups excluding carboxylic acids is 3. The summed E-state index contributed by atoms with van der Waals surface area (Å²) in [4.78, 5) is 54.1. The summed E-state index contributed by atoms with van der Waals surface area (Å²) < 4.78 is 0. The molecule has 0 aliphatic carbocycles. The van der Waals surface area contributed by atoms with Gasteiger partial charge in [0.05, 0.1) is 18.6 Å². The van der Waals surface area contributed by atoms with E-state index in [9.17, 15) is 14.4 Å². The fourth-order valence-electron chi connectivity index (χ4n) is 6.84. The van der Waals surface area contributed by atoms with Gasteiger partial charge in [-0.3, -0.25) is 19.4 Å². The molecular weight excluding hydrogens is 631 g/mol. The number of carbonyl (C=O) groups is 3. The zero-order valence-electron chi connectivity index (χ0n) is 25.9. The van der Waals surface area contributed by atoms with Gasteiger partial charge in [-0.05, 0) is 80.0 Å². The summed E-state index contributed by atoms with van der Waals surface area (Å²) >= 11 is 13.9. The van der Waals surface area contributed by atoms with Crippen LogP contribution in [-0.4, -0.2) is 94.8 Å². The monoisotopic (exact) mass is 668 g/mol. The Balaban J connectivity index is 1.31. The van der Waals surface area contributed by atoms with Gasteiger partial charge >= 0.3 is 0 Å². The molecule has 0 radical (unpaired) electrons. The molecule has 6 rings (SSSR count). The zero-order chi connectivity index (χ0) is 32.0. The Morgan fingerprint density at radius 1 is 1.04 bits per heavy atom. The fraction of sp³-hybridized carbons (Fsp3) is 0.455. The summed E-state index contributed by atoms with van der Waals surface area (Å²) in [7, 11) is 3.88. The largest absolute Gasteiger partial charge is 0.349 e. The molecule has 0 spiro atoms. The molecule has 2 saturated heterocycles. The van der Waals surface area contributed by atoms with Crippen LogP contribution in [0, 0.1) is 5.92 Å². The Morgan fingerprint density at radius 2 is 1.69 bits per heavy atom. The molecule has 4 atom stereocenters. The number of allylic oxidation sites excluding steroid dienone is 1. The van der Waals surface area contributed by atoms with Gasteiger partial charge in [-0.2, -0.15) is 0 Å². The predicted octanol–water partition coefficient (Wildman–Crippen LogP) is 4.94. The minimum absolute atomic E-state index is 0.00935. The molecule has 4 heterocycles. The zero-order valence-corrected chi connectivity index (χ0v) is 28.2. The number of piperazine rings is 1. The van der Waals surface area contributed by atoms with Crippen molar-refractivity contribution >= 4 is 57.9 Å². The lowest BCUT2D eigenvalue weighted by Crippen LogP contribution is -2.61. The van der Waals surface area contributed by atoms with Crippen LogP contribution in [-0.2, 0) is 14.4 Å². The first-order valence-electron chi connectivity index (χ1n) is 15.4. The third-order valence-electron chi connectivity index (χ3n) is 8.72. The first kappa shape index (κ1) is 31.9. The number of benzene rings is 2. The smallest absolute Gasteiger partial charge is 0.263 e. The SMILES string of the molecule is CC(C)C1=C(C(=O)N2CCCC2C(=O)N2CC(=O)N[C@@H](CN(C)C)C2)SC2=N[C@@H](c3ccc(Cl)cc3)[C@@H](c3ccc(Cl)cc3)N21. The molecule has 0 aromatic heterocycles. The number of hydrogen-bond donors (Lipinski definition) is 1. The second-order valence-corrected chi connectivity index (χ2v) is 14.5. The van der Waals surface area contributed by atoms with E-state index < -0.39 is 6.04 Å². The molecular formula is C33H38Cl2N6O3S. The number of thioether (sulfide) groups is 1. The van der Waals surface area contributed by atoms with Gasteiger partial charge in [0, 0.05) is 35.4 Å². The Morgan fingerprint density at radius 3 is 2.31 bits per heavy atom. The van der Waals surface area contributed by atoms with Crippen LogP contribution in [0.4, 0.5) is 0 Å². The topological polar surface area (TPSA) is 88.6 Å². The Kier molecular flexibility index (Phi) is 9.21. The molecule has 2 aromatic rings. The molecule has 12 heteroatoms. The third kappa shape index (κ3) is 6.35. The first-order valence-corrected chi connectivity index (χ1v) is 16.9. The number of rotatable bonds is 7. The number of nitrogens with zero attached hydrogens (tertiary/aromatic N) is 5. The molecule has 2 aromatic carbocycles. The normalized spacial score (nSPS) is 24.9. The van der Waals surface area contributed by atoms with E-state index >= 15 is 0 Å². The molecule has 238 valence electrons. The summed E-state index contributed by atoms with van der Waals surface area (Å²) in [5.74, 6) is -0.470. The Bertz CT molecular complexity index is 1540. The molecule has 4 aliphatic heterocycles. The molecule has 45 heavy (non-hydrogen) atoms. The first-order chi connectivity index (χ1) is 21.5. The van der Waals surface area contributed by atoms with Crippen molar-refractivity contribution in [2.45, 2.75) is 50.9 Å². The van der Waals surface area contributed by atoms with Gasteiger partial charge in [0.15, 0.2) is 5.17 Å². The third-order valence-corrected chi connectivity index (χ3v) is 10.3. The predicted molar refractivity (Wildman–Crippen MR) is 179 cm³/mol. The lowest BCUT2D eigenvalue weighted by Gasteiger charge is -2.37. The van der Waals surface area contributed by atoms with Crippen LogP contribution >= 0.6 is 35.0 Å². The molecule has 1 N–H and O–H groups in total. The van der Waals surface area contributed by atoms with E-state index in [1.54, 1.807) is 9.80 Å². The number of nitrogens with one attached hydrogen (secondary N) is 1. The van der Waals surface area contributed by atoms with Crippen molar-refractivity contribution in [3.05, 3.63) is 80.3 Å². The van der Waals surface area contributed by atoms with Crippen LogP contribution in [0.1, 0.15) is 49.9 Å². The molecule has 4 aliphatic rings. The number of aliphatic imine (C=N–C) groups is 1. The van der Waals surface area contributed by atoms with Crippen LogP contribution in [0.2, 0.25) is 10.0 Å². The maximum Gasteiger partial charge on any atom is 0.263 e. The van der Waals surface area contributed by atoms with Crippen LogP contribution in [0.3, 0.4) is 0 Å². The van der Waals surface area contributed by atoms with E-state index in [4.69, 9.17) is 28.2 Å². The maximum atomic E-state index is 14.4. The second-order valence-electron chi connectivity index (χ2n) is 12.6. The standard InChI is InChI=1S/C33H38Cl2N6O3S/c1-19(2)28-30(32(44)40-15-5-6-25(40)31(43)39-17-24(16-38(3)4)36-26(42)18-39)45-33-37-27(20-7-11-22(34)12-8-20)29(41(28)33)21-9-13-23(35)14-10-21/h7-14,19,24-25,27,29H,5-6,15-18H2,1-4H3,(H,36,42)/t24-,25?,27-,29+/m0/s1. The highest BCUT2D eigenvalue weighted by Gasteiger charge is 2.49. The minimum Gasteiger partial charge on any atom is -0.349 e. The van der Waals surface area contributed by atoms with Crippen LogP contribution in [0.5, 0.6) is 0 Å². The quantitative estimate of drug-likeness (QED) is 0.450. The van der Waals surface area contributed by atoms with E-state index in [0.717, 1.165) is 28.4 Å². The number of amidine groups is 1. The molecule has 1 unspecified atom stereocenters. The van der Waals surface area contributed by atoms with Crippen molar-refractivity contribution in [1.82, 2.24) is 24.9 Å². The number of halogens is 2. The maximum absolute atomic E-state index is 14.4. The lowest BCUT2D eigenvalue weighted by molar-refractivity contribution is -0.146. The van der Waals surface area contributed by atoms with Crippen LogP contribution in [0.15, 0.2) is 64.1 Å². The Hall–Kier alpha value is -3.05. The van der Waals surface area contributed by atoms with E-state index in [2.05, 4.69) is 24.1 Å². The van der Waals surface area contributed by atoms with Crippen molar-refractivity contribution in [2.75, 3.05) is 40.3 Å². The van der Waals surface area contributed by atoms with E-state index in [1.165, 1.54) is 11.8 Å². The molecule has 9 nitrogen and oxygen atoms in total. The van der Waals surface area contributed by atoms with Crippen LogP contribution < -0.4 is 5.32 Å². The number of hydrogen-bond acceptors (Lipinski definition) is 7. The molecule has 0 saturated carbocycles. The number of fused-ring (bicyclic) bond motifs is 1. The van der Waals surface area contributed by atoms with E-state index in [-0.39, 0.29) is 48.3 Å². The van der Waals surface area contributed by atoms with Crippen molar-refractivity contribution < 1.29 is 14.4 Å². The van der Waals surface area contributed by atoms with Gasteiger partial charge in [-0.1, -0.05) is 61.3 Å². The van der Waals surface area contributed by atoms with Gasteiger partial charge in [-0.25, -0.2) is 0 Å². The second kappa shape index (κ2) is 13.0. The summed E-state index contributed by atoms with van der Waals surface area (Å²) in [6.45, 7) is 5.74. The van der Waals surface area contributed by atoms with Gasteiger partial charge in [0.1, 0.15) is 17.0 Å². The number of likely N-dealkylation sites (tertiary alicyclic amines) is 1. The number of amides is 3. The Labute approximate surface area is 278 Å². The highest BCUT2D eigenvalue weighted by molar-refractivity contribution is 8.18. The molecule has 0 bridgehead atoms. The van der Waals surface area contributed by atoms with Crippen LogP contribution in [0.25, 0.3) is 0 Å². The van der Waals surface area contributed by atoms with E-state index in [0.29, 0.717) is 41.0 Å². The summed E-state index contributed by atoms with van der Waals surface area (Å²) in [5.41, 5.74) is 2.97. The highest BCUT2D eigenvalue weighted by atomic mass is 35.5. The van der Waals surface area contributed by atoms with Gasteiger partial charge in [0.25, 0.3) is 5.91 Å². The fourth-order valence-corrected chi connectivity index (χ4v) is 8.39. The highest BCUT2D eigenvalue weighted by Crippen LogP contribution is 2.53. The molecule has 2 fully saturated rings. The van der Waals surface area contributed by atoms with Gasteiger partial charge in [0.2, 0.25) is 11.8 Å². The summed E-state index contributed by atoms with van der Waals surface area (Å²) in [6, 6.07) is 14.4. The van der Waals surface area contributed by atoms with Crippen molar-refractivity contribution in [3.8, 4) is 0 Å². The van der Waals surface area contributed by atoms with Gasteiger partial charge < -0.3 is 24.9 Å². The minimum atomic E-state index is -0.601. The molecule has 3 amide bonds. The van der Waals surface area contributed by atoms with E-state index in [1.807, 2.05) is 67.5 Å². The average Bonchev–Trinajstić information content (AvgIpc) is 3.71. The lowest BCUT2D eigenvalue weighted by atomic mass is 9.92. The van der Waals surface area contributed by atoms with Crippen molar-refractivity contribution in [2.24, 2.45) is 10.9 Å². The summed E-state index contributed by atoms with van der Waals surface area (Å²) in [5, 5.41) is 5.06. The van der Waals surface area contributed by atoms with Crippen molar-refractivity contribution in [3.63, 3.8) is 0 Å². The average molecular weight is 670 g/mol. The number of likely N-dealkylation sites (N-methyl/N-ethyl adjacent to an activating group) is 1. The van der Waals surface area contributed by atoms with Gasteiger partial charge in [-0.15, -0.1) is 0 Å².